The standard InChI is InChI=1S/C20H23N5O/c26-19(16-5-3-12-25(14-16)20-22-9-4-10-23-20)21-11-8-15-13-24-18-7-2-1-6-17(15)18/h1-2,4,6-7,9-10,13,16,24H,3,5,8,11-12,14H2,(H,21,26)/t16-/m0/s1. The molecule has 6 heteroatoms. The van der Waals surface area contributed by atoms with Crippen LogP contribution < -0.4 is 10.2 Å². The highest BCUT2D eigenvalue weighted by atomic mass is 16.1. The third kappa shape index (κ3) is 3.54. The lowest BCUT2D eigenvalue weighted by Crippen LogP contribution is -2.44. The van der Waals surface area contributed by atoms with E-state index < -0.39 is 0 Å². The molecular weight excluding hydrogens is 326 g/mol. The predicted molar refractivity (Wildman–Crippen MR) is 102 cm³/mol. The number of carbonyl (C=O) groups excluding carboxylic acids is 1. The monoisotopic (exact) mass is 349 g/mol. The Kier molecular flexibility index (Phi) is 4.82. The minimum atomic E-state index is -0.00414. The van der Waals surface area contributed by atoms with E-state index in [1.165, 1.54) is 10.9 Å². The summed E-state index contributed by atoms with van der Waals surface area (Å²) in [6.45, 7) is 2.24. The Balaban J connectivity index is 1.32. The van der Waals surface area contributed by atoms with Gasteiger partial charge in [0.2, 0.25) is 11.9 Å². The fraction of sp³-hybridized carbons (Fsp3) is 0.350. The Bertz CT molecular complexity index is 876. The van der Waals surface area contributed by atoms with Crippen molar-refractivity contribution < 1.29 is 4.79 Å². The first-order valence-electron chi connectivity index (χ1n) is 9.16. The first kappa shape index (κ1) is 16.6. The molecule has 4 rings (SSSR count). The number of benzene rings is 1. The van der Waals surface area contributed by atoms with Crippen molar-refractivity contribution in [2.75, 3.05) is 24.5 Å². The van der Waals surface area contributed by atoms with Gasteiger partial charge in [0.15, 0.2) is 0 Å². The molecule has 26 heavy (non-hydrogen) atoms. The van der Waals surface area contributed by atoms with Gasteiger partial charge in [0, 0.05) is 49.1 Å². The van der Waals surface area contributed by atoms with Crippen LogP contribution in [0, 0.1) is 5.92 Å². The van der Waals surface area contributed by atoms with Crippen LogP contribution in [-0.4, -0.2) is 40.5 Å². The zero-order chi connectivity index (χ0) is 17.8. The summed E-state index contributed by atoms with van der Waals surface area (Å²) in [5.74, 6) is 0.838. The fourth-order valence-corrected chi connectivity index (χ4v) is 3.63. The summed E-state index contributed by atoms with van der Waals surface area (Å²) in [6, 6.07) is 10.1. The minimum absolute atomic E-state index is 0.00414. The van der Waals surface area contributed by atoms with Gasteiger partial charge in [-0.15, -0.1) is 0 Å². The maximum atomic E-state index is 12.6. The van der Waals surface area contributed by atoms with E-state index in [1.54, 1.807) is 12.4 Å². The maximum absolute atomic E-state index is 12.6. The molecule has 3 aromatic rings. The summed E-state index contributed by atoms with van der Waals surface area (Å²) in [6.07, 6.45) is 8.25. The van der Waals surface area contributed by atoms with Crippen LogP contribution in [0.1, 0.15) is 18.4 Å². The van der Waals surface area contributed by atoms with Crippen molar-refractivity contribution >= 4 is 22.8 Å². The lowest BCUT2D eigenvalue weighted by Gasteiger charge is -2.31. The van der Waals surface area contributed by atoms with Crippen LogP contribution in [0.4, 0.5) is 5.95 Å². The number of hydrogen-bond donors (Lipinski definition) is 2. The summed E-state index contributed by atoms with van der Waals surface area (Å²) >= 11 is 0. The number of H-pyrrole nitrogens is 1. The normalized spacial score (nSPS) is 17.4. The van der Waals surface area contributed by atoms with Crippen molar-refractivity contribution in [3.05, 3.63) is 54.5 Å². The van der Waals surface area contributed by atoms with Crippen LogP contribution in [0.25, 0.3) is 10.9 Å². The highest BCUT2D eigenvalue weighted by Gasteiger charge is 2.26. The molecule has 1 saturated heterocycles. The number of carbonyl (C=O) groups is 1. The van der Waals surface area contributed by atoms with E-state index in [0.717, 1.165) is 31.3 Å². The van der Waals surface area contributed by atoms with E-state index in [2.05, 4.69) is 37.3 Å². The molecule has 3 heterocycles. The Morgan fingerprint density at radius 3 is 2.96 bits per heavy atom. The highest BCUT2D eigenvalue weighted by molar-refractivity contribution is 5.83. The molecule has 1 atom stereocenters. The van der Waals surface area contributed by atoms with Crippen LogP contribution in [0.15, 0.2) is 48.9 Å². The topological polar surface area (TPSA) is 73.9 Å². The van der Waals surface area contributed by atoms with Crippen molar-refractivity contribution in [3.63, 3.8) is 0 Å². The van der Waals surface area contributed by atoms with Crippen LogP contribution in [0.3, 0.4) is 0 Å². The summed E-state index contributed by atoms with van der Waals surface area (Å²) in [7, 11) is 0. The molecule has 0 saturated carbocycles. The molecule has 2 N–H and O–H groups in total. The number of piperidine rings is 1. The number of aromatic nitrogens is 3. The van der Waals surface area contributed by atoms with E-state index in [-0.39, 0.29) is 11.8 Å². The van der Waals surface area contributed by atoms with Crippen LogP contribution in [-0.2, 0) is 11.2 Å². The maximum Gasteiger partial charge on any atom is 0.225 e. The number of para-hydroxylation sites is 1. The predicted octanol–water partition coefficient (Wildman–Crippen LogP) is 2.53. The molecule has 0 bridgehead atoms. The third-order valence-corrected chi connectivity index (χ3v) is 5.00. The summed E-state index contributed by atoms with van der Waals surface area (Å²) in [4.78, 5) is 26.6. The van der Waals surface area contributed by atoms with E-state index in [9.17, 15) is 4.79 Å². The Morgan fingerprint density at radius 2 is 2.08 bits per heavy atom. The van der Waals surface area contributed by atoms with Gasteiger partial charge in [-0.1, -0.05) is 18.2 Å². The summed E-state index contributed by atoms with van der Waals surface area (Å²) < 4.78 is 0. The number of rotatable bonds is 5. The van der Waals surface area contributed by atoms with E-state index in [4.69, 9.17) is 0 Å². The van der Waals surface area contributed by atoms with Gasteiger partial charge in [-0.2, -0.15) is 0 Å². The molecule has 6 nitrogen and oxygen atoms in total. The van der Waals surface area contributed by atoms with Gasteiger partial charge in [-0.05, 0) is 37.0 Å². The molecule has 0 spiro atoms. The zero-order valence-electron chi connectivity index (χ0n) is 14.7. The van der Waals surface area contributed by atoms with Crippen LogP contribution in [0.5, 0.6) is 0 Å². The molecule has 0 unspecified atom stereocenters. The number of fused-ring (bicyclic) bond motifs is 1. The molecule has 1 amide bonds. The number of amides is 1. The largest absolute Gasteiger partial charge is 0.361 e. The molecular formula is C20H23N5O. The number of hydrogen-bond acceptors (Lipinski definition) is 4. The minimum Gasteiger partial charge on any atom is -0.361 e. The number of nitrogens with one attached hydrogen (secondary N) is 2. The Morgan fingerprint density at radius 1 is 1.23 bits per heavy atom. The lowest BCUT2D eigenvalue weighted by molar-refractivity contribution is -0.125. The Hall–Kier alpha value is -2.89. The van der Waals surface area contributed by atoms with E-state index >= 15 is 0 Å². The smallest absolute Gasteiger partial charge is 0.225 e. The second-order valence-corrected chi connectivity index (χ2v) is 6.73. The molecule has 2 aromatic heterocycles. The van der Waals surface area contributed by atoms with Crippen molar-refractivity contribution in [1.82, 2.24) is 20.3 Å². The Labute approximate surface area is 152 Å². The first-order chi connectivity index (χ1) is 12.8. The van der Waals surface area contributed by atoms with Crippen LogP contribution in [0.2, 0.25) is 0 Å². The average Bonchev–Trinajstić information content (AvgIpc) is 3.12. The highest BCUT2D eigenvalue weighted by Crippen LogP contribution is 2.20. The van der Waals surface area contributed by atoms with Gasteiger partial charge in [-0.25, -0.2) is 9.97 Å². The second kappa shape index (κ2) is 7.56. The molecule has 1 aliphatic heterocycles. The SMILES string of the molecule is O=C(NCCc1c[nH]c2ccccc12)[C@H]1CCCN(c2ncccn2)C1. The molecule has 0 aliphatic carbocycles. The lowest BCUT2D eigenvalue weighted by atomic mass is 9.97. The van der Waals surface area contributed by atoms with Crippen LogP contribution >= 0.6 is 0 Å². The molecule has 1 aromatic carbocycles. The van der Waals surface area contributed by atoms with Gasteiger partial charge < -0.3 is 15.2 Å². The fourth-order valence-electron chi connectivity index (χ4n) is 3.63. The average molecular weight is 349 g/mol. The third-order valence-electron chi connectivity index (χ3n) is 5.00. The van der Waals surface area contributed by atoms with E-state index in [0.29, 0.717) is 19.0 Å². The van der Waals surface area contributed by atoms with Gasteiger partial charge in [0.05, 0.1) is 5.92 Å². The number of aromatic amines is 1. The summed E-state index contributed by atoms with van der Waals surface area (Å²) in [5.41, 5.74) is 2.38. The first-order valence-corrected chi connectivity index (χ1v) is 9.16. The van der Waals surface area contributed by atoms with Crippen molar-refractivity contribution in [2.45, 2.75) is 19.3 Å². The summed E-state index contributed by atoms with van der Waals surface area (Å²) in [5, 5.41) is 4.34. The number of anilines is 1. The second-order valence-electron chi connectivity index (χ2n) is 6.73. The number of nitrogens with zero attached hydrogens (tertiary/aromatic N) is 3. The van der Waals surface area contributed by atoms with Gasteiger partial charge in [0.25, 0.3) is 0 Å². The van der Waals surface area contributed by atoms with Crippen molar-refractivity contribution in [3.8, 4) is 0 Å². The van der Waals surface area contributed by atoms with Crippen molar-refractivity contribution in [1.29, 1.82) is 0 Å². The molecule has 0 radical (unpaired) electrons. The van der Waals surface area contributed by atoms with Gasteiger partial charge >= 0.3 is 0 Å². The molecule has 1 aliphatic rings. The molecule has 1 fully saturated rings. The zero-order valence-corrected chi connectivity index (χ0v) is 14.7. The van der Waals surface area contributed by atoms with Gasteiger partial charge in [0.1, 0.15) is 0 Å². The van der Waals surface area contributed by atoms with Crippen molar-refractivity contribution in [2.24, 2.45) is 5.92 Å². The molecule has 134 valence electrons. The quantitative estimate of drug-likeness (QED) is 0.742. The van der Waals surface area contributed by atoms with E-state index in [1.807, 2.05) is 24.4 Å². The van der Waals surface area contributed by atoms with Gasteiger partial charge in [-0.3, -0.25) is 4.79 Å².